The van der Waals surface area contributed by atoms with Gasteiger partial charge in [-0.3, -0.25) is 4.68 Å². The first-order chi connectivity index (χ1) is 5.36. The lowest BCUT2D eigenvalue weighted by atomic mass is 10.4. The van der Waals surface area contributed by atoms with E-state index in [4.69, 9.17) is 11.6 Å². The van der Waals surface area contributed by atoms with Crippen molar-refractivity contribution in [1.29, 1.82) is 0 Å². The van der Waals surface area contributed by atoms with Gasteiger partial charge in [-0.15, -0.1) is 6.42 Å². The van der Waals surface area contributed by atoms with E-state index in [0.717, 1.165) is 5.56 Å². The van der Waals surface area contributed by atoms with Gasteiger partial charge in [0.2, 0.25) is 0 Å². The van der Waals surface area contributed by atoms with Gasteiger partial charge in [-0.05, 0) is 0 Å². The molecule has 0 aromatic carbocycles. The van der Waals surface area contributed by atoms with E-state index in [0.29, 0.717) is 13.1 Å². The molecule has 1 heterocycles. The van der Waals surface area contributed by atoms with E-state index in [1.54, 1.807) is 17.1 Å². The first-order valence-corrected chi connectivity index (χ1v) is 3.18. The summed E-state index contributed by atoms with van der Waals surface area (Å²) in [5.74, 6) is 2.46. The summed E-state index contributed by atoms with van der Waals surface area (Å²) in [6, 6.07) is 0. The maximum absolute atomic E-state index is 8.33. The van der Waals surface area contributed by atoms with Crippen molar-refractivity contribution in [2.24, 2.45) is 0 Å². The first kappa shape index (κ1) is 7.79. The second kappa shape index (κ2) is 3.76. The molecule has 1 aromatic heterocycles. The quantitative estimate of drug-likeness (QED) is 0.472. The first-order valence-electron chi connectivity index (χ1n) is 3.18. The van der Waals surface area contributed by atoms with Gasteiger partial charge >= 0.3 is 0 Å². The Balaban J connectivity index is 2.60. The van der Waals surface area contributed by atoms with Crippen LogP contribution in [0.4, 0.5) is 0 Å². The molecule has 1 aromatic rings. The number of hydrogen-bond acceptors (Lipinski definition) is 3. The molecular weight excluding hydrogens is 142 g/mol. The average Bonchev–Trinajstić information content (AvgIpc) is 2.38. The lowest BCUT2D eigenvalue weighted by Crippen LogP contribution is -2.04. The number of aromatic nitrogens is 2. The molecule has 0 bridgehead atoms. The molecule has 0 unspecified atom stereocenters. The minimum atomic E-state index is 0.393. The number of nitrogens with one attached hydrogen (secondary N) is 1. The van der Waals surface area contributed by atoms with Crippen molar-refractivity contribution < 1.29 is 5.21 Å². The van der Waals surface area contributed by atoms with Crippen molar-refractivity contribution in [3.63, 3.8) is 0 Å². The van der Waals surface area contributed by atoms with Crippen LogP contribution in [-0.4, -0.2) is 15.0 Å². The van der Waals surface area contributed by atoms with Gasteiger partial charge in [0.25, 0.3) is 0 Å². The Hall–Kier alpha value is -1.31. The summed E-state index contributed by atoms with van der Waals surface area (Å²) in [4.78, 5) is 0. The fourth-order valence-electron chi connectivity index (χ4n) is 0.769. The summed E-state index contributed by atoms with van der Waals surface area (Å²) in [7, 11) is 0. The van der Waals surface area contributed by atoms with Crippen LogP contribution in [0, 0.1) is 12.3 Å². The zero-order chi connectivity index (χ0) is 8.10. The zero-order valence-corrected chi connectivity index (χ0v) is 5.99. The van der Waals surface area contributed by atoms with Crippen LogP contribution in [-0.2, 0) is 13.1 Å². The SMILES string of the molecule is C#CCn1cc(CNO)cn1. The van der Waals surface area contributed by atoms with E-state index in [2.05, 4.69) is 11.0 Å². The normalized spacial score (nSPS) is 9.45. The maximum Gasteiger partial charge on any atom is 0.101 e. The highest BCUT2D eigenvalue weighted by molar-refractivity contribution is 5.03. The van der Waals surface area contributed by atoms with Gasteiger partial charge < -0.3 is 5.21 Å². The van der Waals surface area contributed by atoms with Crippen LogP contribution in [0.15, 0.2) is 12.4 Å². The highest BCUT2D eigenvalue weighted by Crippen LogP contribution is 1.95. The average molecular weight is 151 g/mol. The van der Waals surface area contributed by atoms with Crippen molar-refractivity contribution in [3.8, 4) is 12.3 Å². The van der Waals surface area contributed by atoms with Crippen LogP contribution in [0.25, 0.3) is 0 Å². The Bertz CT molecular complexity index is 261. The molecule has 0 atom stereocenters. The molecule has 58 valence electrons. The molecule has 0 aliphatic heterocycles. The predicted molar refractivity (Wildman–Crippen MR) is 39.7 cm³/mol. The standard InChI is InChI=1S/C7H9N3O/c1-2-3-10-6-7(4-8-10)5-9-11/h1,4,6,9,11H,3,5H2. The highest BCUT2D eigenvalue weighted by atomic mass is 16.5. The van der Waals surface area contributed by atoms with Crippen molar-refractivity contribution in [1.82, 2.24) is 15.3 Å². The smallest absolute Gasteiger partial charge is 0.101 e. The molecule has 0 amide bonds. The fourth-order valence-corrected chi connectivity index (χ4v) is 0.769. The minimum Gasteiger partial charge on any atom is -0.316 e. The van der Waals surface area contributed by atoms with Crippen molar-refractivity contribution in [2.45, 2.75) is 13.1 Å². The summed E-state index contributed by atoms with van der Waals surface area (Å²) in [6.45, 7) is 0.857. The summed E-state index contributed by atoms with van der Waals surface area (Å²) in [6.07, 6.45) is 8.50. The lowest BCUT2D eigenvalue weighted by Gasteiger charge is -1.91. The Labute approximate surface area is 64.8 Å². The number of rotatable bonds is 3. The Morgan fingerprint density at radius 1 is 1.82 bits per heavy atom. The van der Waals surface area contributed by atoms with E-state index in [1.807, 2.05) is 5.48 Å². The Kier molecular flexibility index (Phi) is 2.66. The van der Waals surface area contributed by atoms with Crippen molar-refractivity contribution >= 4 is 0 Å². The van der Waals surface area contributed by atoms with Crippen molar-refractivity contribution in [2.75, 3.05) is 0 Å². The molecule has 2 N–H and O–H groups in total. The van der Waals surface area contributed by atoms with E-state index in [-0.39, 0.29) is 0 Å². The number of nitrogens with zero attached hydrogens (tertiary/aromatic N) is 2. The van der Waals surface area contributed by atoms with Gasteiger partial charge in [-0.25, -0.2) is 5.48 Å². The topological polar surface area (TPSA) is 50.1 Å². The molecule has 0 saturated heterocycles. The second-order valence-corrected chi connectivity index (χ2v) is 2.09. The number of hydroxylamine groups is 1. The van der Waals surface area contributed by atoms with Gasteiger partial charge in [-0.2, -0.15) is 5.10 Å². The summed E-state index contributed by atoms with van der Waals surface area (Å²) in [5, 5.41) is 12.3. The molecule has 0 spiro atoms. The van der Waals surface area contributed by atoms with Crippen LogP contribution < -0.4 is 5.48 Å². The van der Waals surface area contributed by atoms with Crippen LogP contribution >= 0.6 is 0 Å². The van der Waals surface area contributed by atoms with Gasteiger partial charge in [-0.1, -0.05) is 5.92 Å². The van der Waals surface area contributed by atoms with E-state index in [9.17, 15) is 0 Å². The van der Waals surface area contributed by atoms with Crippen LogP contribution in [0.1, 0.15) is 5.56 Å². The molecule has 11 heavy (non-hydrogen) atoms. The fraction of sp³-hybridized carbons (Fsp3) is 0.286. The molecule has 0 fully saturated rings. The molecular formula is C7H9N3O. The van der Waals surface area contributed by atoms with Gasteiger partial charge in [0.1, 0.15) is 6.54 Å². The van der Waals surface area contributed by atoms with E-state index in [1.165, 1.54) is 0 Å². The third-order valence-corrected chi connectivity index (χ3v) is 1.22. The lowest BCUT2D eigenvalue weighted by molar-refractivity contribution is 0.161. The molecule has 1 rings (SSSR count). The van der Waals surface area contributed by atoms with Crippen LogP contribution in [0.2, 0.25) is 0 Å². The monoisotopic (exact) mass is 151 g/mol. The van der Waals surface area contributed by atoms with Gasteiger partial charge in [0.15, 0.2) is 0 Å². The summed E-state index contributed by atoms with van der Waals surface area (Å²) < 4.78 is 1.63. The molecule has 0 saturated carbocycles. The van der Waals surface area contributed by atoms with Gasteiger partial charge in [0, 0.05) is 18.3 Å². The van der Waals surface area contributed by atoms with E-state index < -0.39 is 0 Å². The summed E-state index contributed by atoms with van der Waals surface area (Å²) >= 11 is 0. The molecule has 0 radical (unpaired) electrons. The van der Waals surface area contributed by atoms with Crippen LogP contribution in [0.3, 0.4) is 0 Å². The highest BCUT2D eigenvalue weighted by Gasteiger charge is 1.94. The molecule has 0 aliphatic carbocycles. The van der Waals surface area contributed by atoms with E-state index >= 15 is 0 Å². The Morgan fingerprint density at radius 2 is 2.64 bits per heavy atom. The minimum absolute atomic E-state index is 0.393. The third kappa shape index (κ3) is 2.08. The zero-order valence-electron chi connectivity index (χ0n) is 5.99. The maximum atomic E-state index is 8.33. The summed E-state index contributed by atoms with van der Waals surface area (Å²) in [5.41, 5.74) is 2.94. The predicted octanol–water partition coefficient (Wildman–Crippen LogP) is -0.00490. The molecule has 4 heteroatoms. The van der Waals surface area contributed by atoms with Crippen LogP contribution in [0.5, 0.6) is 0 Å². The second-order valence-electron chi connectivity index (χ2n) is 2.09. The Morgan fingerprint density at radius 3 is 3.27 bits per heavy atom. The molecule has 0 aliphatic rings. The largest absolute Gasteiger partial charge is 0.316 e. The number of hydrogen-bond donors (Lipinski definition) is 2. The third-order valence-electron chi connectivity index (χ3n) is 1.22. The van der Waals surface area contributed by atoms with Crippen molar-refractivity contribution in [3.05, 3.63) is 18.0 Å². The van der Waals surface area contributed by atoms with Gasteiger partial charge in [0.05, 0.1) is 6.20 Å². The molecule has 4 nitrogen and oxygen atoms in total. The number of terminal acetylenes is 1.